The van der Waals surface area contributed by atoms with Crippen LogP contribution in [0.15, 0.2) is 18.2 Å². The minimum Gasteiger partial charge on any atom is -0.444 e. The fraction of sp³-hybridized carbons (Fsp3) is 0.667. The van der Waals surface area contributed by atoms with Gasteiger partial charge >= 0.3 is 6.09 Å². The van der Waals surface area contributed by atoms with Crippen LogP contribution in [0, 0.1) is 13.8 Å². The van der Waals surface area contributed by atoms with E-state index in [4.69, 9.17) is 4.74 Å². The van der Waals surface area contributed by atoms with Crippen molar-refractivity contribution in [2.24, 2.45) is 0 Å². The van der Waals surface area contributed by atoms with Gasteiger partial charge in [0.15, 0.2) is 0 Å². The molecule has 2 unspecified atom stereocenters. The number of aryl methyl sites for hydroxylation is 1. The summed E-state index contributed by atoms with van der Waals surface area (Å²) in [7, 11) is 0. The van der Waals surface area contributed by atoms with Crippen molar-refractivity contribution in [3.63, 3.8) is 0 Å². The molecule has 3 amide bonds. The molecule has 0 aromatic heterocycles. The number of benzene rings is 1. The lowest BCUT2D eigenvalue weighted by Crippen LogP contribution is -2.55. The van der Waals surface area contributed by atoms with Gasteiger partial charge in [-0.3, -0.25) is 9.59 Å². The maximum atomic E-state index is 13.9. The summed E-state index contributed by atoms with van der Waals surface area (Å²) >= 11 is 4.36. The molecule has 0 heterocycles. The van der Waals surface area contributed by atoms with E-state index in [0.29, 0.717) is 0 Å². The Labute approximate surface area is 215 Å². The van der Waals surface area contributed by atoms with E-state index in [1.165, 1.54) is 6.42 Å². The normalized spacial score (nSPS) is 18.3. The molecule has 194 valence electrons. The van der Waals surface area contributed by atoms with Gasteiger partial charge in [-0.2, -0.15) is 12.6 Å². The van der Waals surface area contributed by atoms with Gasteiger partial charge in [-0.25, -0.2) is 4.79 Å². The second-order valence-corrected chi connectivity index (χ2v) is 11.3. The second kappa shape index (κ2) is 11.7. The lowest BCUT2D eigenvalue weighted by molar-refractivity contribution is -0.143. The Kier molecular flexibility index (Phi) is 9.13. The molecule has 2 fully saturated rings. The number of hydrogen-bond donors (Lipinski definition) is 3. The minimum absolute atomic E-state index is 0.0488. The number of ether oxygens (including phenoxy) is 1. The SMILES string of the molecule is Cc1cccc(C(C(=O)NC2CCCCC2)N(C(=O)C(CS)NC(=O)OC(C)(C)C)C2CC2)c1C. The highest BCUT2D eigenvalue weighted by atomic mass is 32.1. The van der Waals surface area contributed by atoms with Gasteiger partial charge in [0.25, 0.3) is 0 Å². The maximum absolute atomic E-state index is 13.9. The van der Waals surface area contributed by atoms with Gasteiger partial charge in [-0.05, 0) is 77.0 Å². The molecule has 0 bridgehead atoms. The Morgan fingerprint density at radius 1 is 1.09 bits per heavy atom. The van der Waals surface area contributed by atoms with Crippen molar-refractivity contribution in [3.8, 4) is 0 Å². The van der Waals surface area contributed by atoms with E-state index in [0.717, 1.165) is 55.2 Å². The molecule has 3 rings (SSSR count). The maximum Gasteiger partial charge on any atom is 0.408 e. The van der Waals surface area contributed by atoms with Crippen LogP contribution >= 0.6 is 12.6 Å². The van der Waals surface area contributed by atoms with Crippen molar-refractivity contribution in [3.05, 3.63) is 34.9 Å². The second-order valence-electron chi connectivity index (χ2n) is 10.9. The van der Waals surface area contributed by atoms with Gasteiger partial charge < -0.3 is 20.3 Å². The van der Waals surface area contributed by atoms with Crippen LogP contribution in [0.4, 0.5) is 4.79 Å². The lowest BCUT2D eigenvalue weighted by Gasteiger charge is -2.36. The molecule has 1 aromatic rings. The van der Waals surface area contributed by atoms with Crippen LogP contribution in [0.2, 0.25) is 0 Å². The molecular weight excluding hydrogens is 462 g/mol. The van der Waals surface area contributed by atoms with Crippen molar-refractivity contribution in [1.29, 1.82) is 0 Å². The van der Waals surface area contributed by atoms with Crippen LogP contribution < -0.4 is 10.6 Å². The number of thiol groups is 1. The quantitative estimate of drug-likeness (QED) is 0.452. The highest BCUT2D eigenvalue weighted by molar-refractivity contribution is 7.80. The van der Waals surface area contributed by atoms with E-state index in [1.54, 1.807) is 25.7 Å². The number of alkyl carbamates (subject to hydrolysis) is 1. The number of carbonyl (C=O) groups excluding carboxylic acids is 3. The van der Waals surface area contributed by atoms with Crippen LogP contribution in [0.5, 0.6) is 0 Å². The van der Waals surface area contributed by atoms with Crippen molar-refractivity contribution in [1.82, 2.24) is 15.5 Å². The number of rotatable bonds is 8. The first kappa shape index (κ1) is 27.4. The van der Waals surface area contributed by atoms with Gasteiger partial charge in [-0.1, -0.05) is 37.5 Å². The van der Waals surface area contributed by atoms with Crippen LogP contribution in [0.3, 0.4) is 0 Å². The predicted molar refractivity (Wildman–Crippen MR) is 141 cm³/mol. The summed E-state index contributed by atoms with van der Waals surface area (Å²) in [5.41, 5.74) is 2.20. The predicted octanol–water partition coefficient (Wildman–Crippen LogP) is 4.61. The Balaban J connectivity index is 1.93. The Morgan fingerprint density at radius 2 is 1.74 bits per heavy atom. The third-order valence-corrected chi connectivity index (χ3v) is 7.15. The summed E-state index contributed by atoms with van der Waals surface area (Å²) in [6.45, 7) is 9.32. The van der Waals surface area contributed by atoms with Crippen molar-refractivity contribution in [2.75, 3.05) is 5.75 Å². The first-order valence-electron chi connectivity index (χ1n) is 12.8. The van der Waals surface area contributed by atoms with Crippen LogP contribution in [-0.4, -0.2) is 52.3 Å². The molecule has 0 aliphatic heterocycles. The smallest absolute Gasteiger partial charge is 0.408 e. The molecule has 0 spiro atoms. The zero-order valence-electron chi connectivity index (χ0n) is 21.7. The number of carbonyl (C=O) groups is 3. The highest BCUT2D eigenvalue weighted by Crippen LogP contribution is 2.37. The molecule has 2 aliphatic carbocycles. The third-order valence-electron chi connectivity index (χ3n) is 6.79. The zero-order valence-corrected chi connectivity index (χ0v) is 22.6. The summed E-state index contributed by atoms with van der Waals surface area (Å²) in [6.07, 6.45) is 6.31. The summed E-state index contributed by atoms with van der Waals surface area (Å²) < 4.78 is 5.37. The molecule has 2 atom stereocenters. The topological polar surface area (TPSA) is 87.7 Å². The molecule has 2 aliphatic rings. The summed E-state index contributed by atoms with van der Waals surface area (Å²) in [5, 5.41) is 5.93. The van der Waals surface area contributed by atoms with E-state index in [2.05, 4.69) is 23.3 Å². The summed E-state index contributed by atoms with van der Waals surface area (Å²) in [6, 6.07) is 4.30. The van der Waals surface area contributed by atoms with E-state index < -0.39 is 23.8 Å². The molecule has 7 nitrogen and oxygen atoms in total. The molecule has 0 saturated heterocycles. The Hall–Kier alpha value is -2.22. The van der Waals surface area contributed by atoms with Gasteiger partial charge in [0.05, 0.1) is 0 Å². The average molecular weight is 504 g/mol. The van der Waals surface area contributed by atoms with Crippen molar-refractivity contribution < 1.29 is 19.1 Å². The van der Waals surface area contributed by atoms with Gasteiger partial charge in [-0.15, -0.1) is 0 Å². The van der Waals surface area contributed by atoms with Crippen LogP contribution in [0.25, 0.3) is 0 Å². The molecule has 2 saturated carbocycles. The summed E-state index contributed by atoms with van der Waals surface area (Å²) in [4.78, 5) is 41.9. The lowest BCUT2D eigenvalue weighted by atomic mass is 9.92. The van der Waals surface area contributed by atoms with Gasteiger partial charge in [0.1, 0.15) is 17.7 Å². The van der Waals surface area contributed by atoms with Crippen molar-refractivity contribution >= 4 is 30.5 Å². The molecular formula is C27H41N3O4S. The first-order chi connectivity index (χ1) is 16.5. The molecule has 35 heavy (non-hydrogen) atoms. The summed E-state index contributed by atoms with van der Waals surface area (Å²) in [5.74, 6) is -0.357. The monoisotopic (exact) mass is 503 g/mol. The Bertz CT molecular complexity index is 919. The standard InChI is InChI=1S/C27H41N3O4S/c1-17-10-9-13-21(18(17)2)23(24(31)28-19-11-7-6-8-12-19)30(20-14-15-20)25(32)22(16-35)29-26(33)34-27(3,4)5/h9-10,13,19-20,22-23,35H,6-8,11-12,14-16H2,1-5H3,(H,28,31)(H,29,33). The van der Waals surface area contributed by atoms with Crippen LogP contribution in [0.1, 0.15) is 88.4 Å². The fourth-order valence-corrected chi connectivity index (χ4v) is 4.95. The first-order valence-corrected chi connectivity index (χ1v) is 13.4. The van der Waals surface area contributed by atoms with Gasteiger partial charge in [0, 0.05) is 17.8 Å². The molecule has 1 aromatic carbocycles. The van der Waals surface area contributed by atoms with Crippen molar-refractivity contribution in [2.45, 2.75) is 109 Å². The Morgan fingerprint density at radius 3 is 2.31 bits per heavy atom. The van der Waals surface area contributed by atoms with E-state index >= 15 is 0 Å². The number of amides is 3. The molecule has 0 radical (unpaired) electrons. The van der Waals surface area contributed by atoms with Crippen LogP contribution in [-0.2, 0) is 14.3 Å². The molecule has 8 heteroatoms. The van der Waals surface area contributed by atoms with E-state index in [-0.39, 0.29) is 29.7 Å². The third kappa shape index (κ3) is 7.38. The fourth-order valence-electron chi connectivity index (χ4n) is 4.70. The number of nitrogens with zero attached hydrogens (tertiary/aromatic N) is 1. The molecule has 2 N–H and O–H groups in total. The van der Waals surface area contributed by atoms with E-state index in [1.807, 2.05) is 32.0 Å². The number of nitrogens with one attached hydrogen (secondary N) is 2. The average Bonchev–Trinajstić information content (AvgIpc) is 3.62. The highest BCUT2D eigenvalue weighted by Gasteiger charge is 2.44. The number of hydrogen-bond acceptors (Lipinski definition) is 5. The minimum atomic E-state index is -0.899. The zero-order chi connectivity index (χ0) is 25.8. The largest absolute Gasteiger partial charge is 0.444 e. The van der Waals surface area contributed by atoms with E-state index in [9.17, 15) is 14.4 Å². The van der Waals surface area contributed by atoms with Gasteiger partial charge in [0.2, 0.25) is 11.8 Å².